The van der Waals surface area contributed by atoms with E-state index < -0.39 is 0 Å². The second-order valence-electron chi connectivity index (χ2n) is 14.1. The number of hydrogen-bond acceptors (Lipinski definition) is 4. The Morgan fingerprint density at radius 2 is 1.22 bits per heavy atom. The van der Waals surface area contributed by atoms with Crippen LogP contribution in [-0.2, 0) is 5.41 Å². The average Bonchev–Trinajstić information content (AvgIpc) is 3.84. The quantitative estimate of drug-likeness (QED) is 0.186. The van der Waals surface area contributed by atoms with Gasteiger partial charge in [-0.2, -0.15) is 15.0 Å². The number of pyridine rings is 1. The molecule has 0 bridgehead atoms. The summed E-state index contributed by atoms with van der Waals surface area (Å²) in [5, 5.41) is 13.5. The lowest BCUT2D eigenvalue weighted by Gasteiger charge is -2.21. The van der Waals surface area contributed by atoms with Crippen LogP contribution in [0.5, 0.6) is 11.5 Å². The summed E-state index contributed by atoms with van der Waals surface area (Å²) in [4.78, 5) is 6.61. The van der Waals surface area contributed by atoms with Gasteiger partial charge in [-0.1, -0.05) is 75.4 Å². The highest BCUT2D eigenvalue weighted by molar-refractivity contribution is 6.12. The molecular formula is C43H36N6O. The second-order valence-corrected chi connectivity index (χ2v) is 14.1. The van der Waals surface area contributed by atoms with Crippen LogP contribution >= 0.6 is 0 Å². The maximum Gasteiger partial charge on any atom is 0.139 e. The summed E-state index contributed by atoms with van der Waals surface area (Å²) in [7, 11) is 0. The molecule has 0 saturated carbocycles. The molecule has 0 atom stereocenters. The normalized spacial score (nSPS) is 12.1. The molecule has 0 N–H and O–H groups in total. The molecule has 7 nitrogen and oxygen atoms in total. The third-order valence-corrected chi connectivity index (χ3v) is 9.72. The molecule has 0 aliphatic carbocycles. The van der Waals surface area contributed by atoms with Gasteiger partial charge in [-0.05, 0) is 72.4 Å². The van der Waals surface area contributed by atoms with Crippen LogP contribution in [0, 0.1) is 13.8 Å². The first-order valence-electron chi connectivity index (χ1n) is 16.9. The topological polar surface area (TPSA) is 62.7 Å². The van der Waals surface area contributed by atoms with Crippen LogP contribution in [0.1, 0.15) is 37.5 Å². The zero-order chi connectivity index (χ0) is 34.1. The van der Waals surface area contributed by atoms with Crippen LogP contribution in [0.2, 0.25) is 0 Å². The summed E-state index contributed by atoms with van der Waals surface area (Å²) in [5.41, 5.74) is 9.96. The van der Waals surface area contributed by atoms with Gasteiger partial charge in [-0.3, -0.25) is 4.57 Å². The molecular weight excluding hydrogens is 617 g/mol. The first kappa shape index (κ1) is 29.9. The first-order chi connectivity index (χ1) is 24.2. The fourth-order valence-electron chi connectivity index (χ4n) is 7.32. The van der Waals surface area contributed by atoms with Crippen LogP contribution < -0.4 is 4.74 Å². The molecule has 4 aromatic heterocycles. The molecule has 0 radical (unpaired) electrons. The number of hydrogen-bond donors (Lipinski definition) is 0. The minimum absolute atomic E-state index is 0.0954. The van der Waals surface area contributed by atoms with Crippen LogP contribution in [0.25, 0.3) is 60.8 Å². The van der Waals surface area contributed by atoms with E-state index in [4.69, 9.17) is 9.72 Å². The number of fused-ring (bicyclic) bond motifs is 6. The van der Waals surface area contributed by atoms with Gasteiger partial charge in [-0.25, -0.2) is 4.98 Å². The van der Waals surface area contributed by atoms with Crippen molar-refractivity contribution >= 4 is 43.6 Å². The van der Waals surface area contributed by atoms with Crippen molar-refractivity contribution in [3.63, 3.8) is 0 Å². The molecule has 7 heteroatoms. The largest absolute Gasteiger partial charge is 0.457 e. The Labute approximate surface area is 290 Å². The number of aromatic nitrogens is 6. The number of ether oxygens (including phenoxy) is 1. The molecule has 9 rings (SSSR count). The fraction of sp³-hybridized carbons (Fsp3) is 0.140. The number of benzene rings is 5. The Hall–Kier alpha value is -6.21. The number of para-hydroxylation sites is 3. The Bertz CT molecular complexity index is 2680. The molecule has 5 aromatic carbocycles. The van der Waals surface area contributed by atoms with E-state index in [9.17, 15) is 0 Å². The van der Waals surface area contributed by atoms with Crippen LogP contribution in [0.15, 0.2) is 128 Å². The van der Waals surface area contributed by atoms with Crippen molar-refractivity contribution in [2.45, 2.75) is 40.0 Å². The Morgan fingerprint density at radius 1 is 0.540 bits per heavy atom. The van der Waals surface area contributed by atoms with E-state index in [1.165, 1.54) is 32.9 Å². The van der Waals surface area contributed by atoms with Gasteiger partial charge in [0, 0.05) is 45.9 Å². The third kappa shape index (κ3) is 4.77. The molecule has 0 amide bonds. The highest BCUT2D eigenvalue weighted by Gasteiger charge is 2.20. The van der Waals surface area contributed by atoms with Crippen molar-refractivity contribution < 1.29 is 4.74 Å². The highest BCUT2D eigenvalue weighted by atomic mass is 16.5. The van der Waals surface area contributed by atoms with Crippen LogP contribution in [-0.4, -0.2) is 29.1 Å². The van der Waals surface area contributed by atoms with Crippen molar-refractivity contribution in [3.8, 4) is 28.7 Å². The minimum atomic E-state index is -0.0954. The van der Waals surface area contributed by atoms with Crippen molar-refractivity contribution in [2.24, 2.45) is 0 Å². The molecule has 0 fully saturated rings. The molecule has 0 spiro atoms. The van der Waals surface area contributed by atoms with Gasteiger partial charge in [0.1, 0.15) is 17.3 Å². The molecule has 0 aliphatic rings. The highest BCUT2D eigenvalue weighted by Crippen LogP contribution is 2.39. The average molecular weight is 653 g/mol. The second kappa shape index (κ2) is 11.2. The summed E-state index contributed by atoms with van der Waals surface area (Å²) in [6, 6.07) is 38.5. The first-order valence-corrected chi connectivity index (χ1v) is 16.9. The van der Waals surface area contributed by atoms with Gasteiger partial charge in [0.15, 0.2) is 0 Å². The summed E-state index contributed by atoms with van der Waals surface area (Å²) in [6.45, 7) is 11.0. The number of aryl methyl sites for hydroxylation is 2. The van der Waals surface area contributed by atoms with E-state index in [0.29, 0.717) is 0 Å². The van der Waals surface area contributed by atoms with Gasteiger partial charge in [0.05, 0.1) is 45.8 Å². The Morgan fingerprint density at radius 3 is 1.94 bits per heavy atom. The van der Waals surface area contributed by atoms with Gasteiger partial charge in [0.2, 0.25) is 0 Å². The summed E-state index contributed by atoms with van der Waals surface area (Å²) in [6.07, 6.45) is 5.29. The van der Waals surface area contributed by atoms with E-state index in [2.05, 4.69) is 151 Å². The van der Waals surface area contributed by atoms with Gasteiger partial charge >= 0.3 is 0 Å². The van der Waals surface area contributed by atoms with E-state index in [1.54, 1.807) is 17.2 Å². The molecule has 50 heavy (non-hydrogen) atoms. The summed E-state index contributed by atoms with van der Waals surface area (Å²) < 4.78 is 11.3. The van der Waals surface area contributed by atoms with Gasteiger partial charge in [0.25, 0.3) is 0 Å². The van der Waals surface area contributed by atoms with Gasteiger partial charge < -0.3 is 9.30 Å². The molecule has 0 aliphatic heterocycles. The number of nitrogens with zero attached hydrogens (tertiary/aromatic N) is 6. The van der Waals surface area contributed by atoms with E-state index in [1.807, 2.05) is 18.3 Å². The maximum atomic E-state index is 6.65. The van der Waals surface area contributed by atoms with E-state index in [-0.39, 0.29) is 5.41 Å². The van der Waals surface area contributed by atoms with Crippen molar-refractivity contribution in [1.29, 1.82) is 0 Å². The van der Waals surface area contributed by atoms with E-state index >= 15 is 0 Å². The zero-order valence-electron chi connectivity index (χ0n) is 28.7. The van der Waals surface area contributed by atoms with Crippen LogP contribution in [0.4, 0.5) is 0 Å². The lowest BCUT2D eigenvalue weighted by molar-refractivity contribution is 0.478. The summed E-state index contributed by atoms with van der Waals surface area (Å²) >= 11 is 0. The van der Waals surface area contributed by atoms with Gasteiger partial charge in [-0.15, -0.1) is 0 Å². The standard InChI is InChI=1S/C43H36N6O/c1-27-10-8-13-36-37-14-9-11-28(2)42(37)47(41(27)36)30-18-19-44-40(25-30)48-38-15-7-6-12-34(38)35-17-16-32(26-39(35)48)50-33-23-29(43(3,4)5)22-31(24-33)49-45-20-21-46-49/h6-26H,1-5H3. The monoisotopic (exact) mass is 652 g/mol. The molecule has 9 aromatic rings. The predicted molar refractivity (Wildman–Crippen MR) is 203 cm³/mol. The number of rotatable bonds is 5. The lowest BCUT2D eigenvalue weighted by Crippen LogP contribution is -2.12. The molecule has 0 unspecified atom stereocenters. The Kier molecular flexibility index (Phi) is 6.68. The molecule has 244 valence electrons. The third-order valence-electron chi connectivity index (χ3n) is 9.72. The summed E-state index contributed by atoms with van der Waals surface area (Å²) in [5.74, 6) is 2.30. The van der Waals surface area contributed by atoms with Crippen LogP contribution in [0.3, 0.4) is 0 Å². The van der Waals surface area contributed by atoms with Crippen molar-refractivity contribution in [1.82, 2.24) is 29.1 Å². The fourth-order valence-corrected chi connectivity index (χ4v) is 7.32. The smallest absolute Gasteiger partial charge is 0.139 e. The Balaban J connectivity index is 1.22. The van der Waals surface area contributed by atoms with Crippen molar-refractivity contribution in [3.05, 3.63) is 144 Å². The lowest BCUT2D eigenvalue weighted by atomic mass is 9.86. The molecule has 0 saturated heterocycles. The zero-order valence-corrected chi connectivity index (χ0v) is 28.7. The predicted octanol–water partition coefficient (Wildman–Crippen LogP) is 10.6. The minimum Gasteiger partial charge on any atom is -0.457 e. The van der Waals surface area contributed by atoms with Crippen molar-refractivity contribution in [2.75, 3.05) is 0 Å². The molecule has 4 heterocycles. The maximum absolute atomic E-state index is 6.65. The van der Waals surface area contributed by atoms with E-state index in [0.717, 1.165) is 56.1 Å². The SMILES string of the molecule is Cc1cccc2c3cccc(C)c3n(-c3ccnc(-n4c5ccccc5c5ccc(Oc6cc(-n7nccn7)cc(C(C)(C)C)c6)cc54)c3)c12.